The molecule has 0 spiro atoms. The lowest BCUT2D eigenvalue weighted by atomic mass is 10.00. The highest BCUT2D eigenvalue weighted by molar-refractivity contribution is 7.89. The summed E-state index contributed by atoms with van der Waals surface area (Å²) in [4.78, 5) is 14.4. The van der Waals surface area contributed by atoms with Crippen molar-refractivity contribution in [2.75, 3.05) is 18.8 Å². The van der Waals surface area contributed by atoms with Crippen molar-refractivity contribution in [3.63, 3.8) is 0 Å². The van der Waals surface area contributed by atoms with Gasteiger partial charge in [-0.2, -0.15) is 0 Å². The molecule has 19 heavy (non-hydrogen) atoms. The Kier molecular flexibility index (Phi) is 4.16. The molecular weight excluding hydrogens is 268 g/mol. The van der Waals surface area contributed by atoms with Gasteiger partial charge in [0.15, 0.2) is 0 Å². The van der Waals surface area contributed by atoms with Crippen molar-refractivity contribution < 1.29 is 18.3 Å². The number of sulfonamides is 1. The Morgan fingerprint density at radius 3 is 2.58 bits per heavy atom. The van der Waals surface area contributed by atoms with Crippen molar-refractivity contribution in [2.24, 2.45) is 5.92 Å². The predicted molar refractivity (Wildman–Crippen MR) is 69.0 cm³/mol. The number of aromatic nitrogens is 1. The molecule has 1 N–H and O–H groups in total. The summed E-state index contributed by atoms with van der Waals surface area (Å²) in [5.74, 6) is -0.872. The Hall–Kier alpha value is -1.47. The number of aryl methyl sites for hydroxylation is 1. The summed E-state index contributed by atoms with van der Waals surface area (Å²) in [6, 6.07) is 3.58. The van der Waals surface area contributed by atoms with E-state index in [1.807, 2.05) is 0 Å². The van der Waals surface area contributed by atoms with E-state index in [0.29, 0.717) is 19.5 Å². The quantitative estimate of drug-likeness (QED) is 0.815. The minimum Gasteiger partial charge on any atom is -0.481 e. The number of rotatable bonds is 6. The van der Waals surface area contributed by atoms with Crippen LogP contribution in [0, 0.1) is 5.92 Å². The first-order valence-electron chi connectivity index (χ1n) is 6.06. The average molecular weight is 284 g/mol. The SMILES string of the molecule is O=C(O)CC1CN(S(=O)(=O)CCc2ccncc2)C1. The Labute approximate surface area is 112 Å². The van der Waals surface area contributed by atoms with Crippen LogP contribution in [-0.2, 0) is 21.2 Å². The van der Waals surface area contributed by atoms with Crippen LogP contribution >= 0.6 is 0 Å². The zero-order valence-electron chi connectivity index (χ0n) is 10.4. The van der Waals surface area contributed by atoms with Gasteiger partial charge in [0.25, 0.3) is 0 Å². The molecule has 0 amide bonds. The van der Waals surface area contributed by atoms with Crippen LogP contribution in [-0.4, -0.2) is 47.6 Å². The van der Waals surface area contributed by atoms with Gasteiger partial charge in [-0.25, -0.2) is 12.7 Å². The number of pyridine rings is 1. The molecule has 2 rings (SSSR count). The Bertz CT molecular complexity index is 538. The van der Waals surface area contributed by atoms with Gasteiger partial charge in [-0.05, 0) is 30.0 Å². The lowest BCUT2D eigenvalue weighted by molar-refractivity contribution is -0.139. The molecular formula is C12H16N2O4S. The van der Waals surface area contributed by atoms with Crippen LogP contribution in [0.5, 0.6) is 0 Å². The highest BCUT2D eigenvalue weighted by atomic mass is 32.2. The van der Waals surface area contributed by atoms with E-state index in [1.54, 1.807) is 24.5 Å². The summed E-state index contributed by atoms with van der Waals surface area (Å²) in [5, 5.41) is 8.62. The zero-order chi connectivity index (χ0) is 13.9. The molecule has 1 saturated heterocycles. The van der Waals surface area contributed by atoms with Crippen LogP contribution < -0.4 is 0 Å². The number of carbonyl (C=O) groups is 1. The van der Waals surface area contributed by atoms with E-state index in [4.69, 9.17) is 5.11 Å². The maximum absolute atomic E-state index is 12.0. The number of carboxylic acid groups (broad SMARTS) is 1. The number of aliphatic carboxylic acids is 1. The van der Waals surface area contributed by atoms with Crippen molar-refractivity contribution in [2.45, 2.75) is 12.8 Å². The molecule has 0 radical (unpaired) electrons. The highest BCUT2D eigenvalue weighted by Gasteiger charge is 2.36. The monoisotopic (exact) mass is 284 g/mol. The second-order valence-corrected chi connectivity index (χ2v) is 6.79. The first-order chi connectivity index (χ1) is 8.97. The number of nitrogens with zero attached hydrogens (tertiary/aromatic N) is 2. The molecule has 7 heteroatoms. The largest absolute Gasteiger partial charge is 0.481 e. The van der Waals surface area contributed by atoms with Crippen molar-refractivity contribution in [3.05, 3.63) is 30.1 Å². The summed E-state index contributed by atoms with van der Waals surface area (Å²) in [5.41, 5.74) is 0.932. The van der Waals surface area contributed by atoms with Gasteiger partial charge in [0.05, 0.1) is 12.2 Å². The average Bonchev–Trinajstić information content (AvgIpc) is 2.32. The fourth-order valence-electron chi connectivity index (χ4n) is 2.05. The van der Waals surface area contributed by atoms with E-state index in [2.05, 4.69) is 4.98 Å². The zero-order valence-corrected chi connectivity index (χ0v) is 11.2. The van der Waals surface area contributed by atoms with E-state index >= 15 is 0 Å². The van der Waals surface area contributed by atoms with Gasteiger partial charge in [0, 0.05) is 25.5 Å². The molecule has 0 bridgehead atoms. The fraction of sp³-hybridized carbons (Fsp3) is 0.500. The topological polar surface area (TPSA) is 87.6 Å². The molecule has 104 valence electrons. The van der Waals surface area contributed by atoms with E-state index in [9.17, 15) is 13.2 Å². The highest BCUT2D eigenvalue weighted by Crippen LogP contribution is 2.23. The van der Waals surface area contributed by atoms with Gasteiger partial charge in [-0.1, -0.05) is 0 Å². The normalized spacial score (nSPS) is 17.1. The van der Waals surface area contributed by atoms with Crippen LogP contribution in [0.25, 0.3) is 0 Å². The van der Waals surface area contributed by atoms with Crippen molar-refractivity contribution in [3.8, 4) is 0 Å². The molecule has 0 aliphatic carbocycles. The molecule has 1 fully saturated rings. The van der Waals surface area contributed by atoms with Crippen molar-refractivity contribution in [1.82, 2.24) is 9.29 Å². The van der Waals surface area contributed by atoms with E-state index < -0.39 is 16.0 Å². The van der Waals surface area contributed by atoms with Crippen LogP contribution in [0.3, 0.4) is 0 Å². The molecule has 0 saturated carbocycles. The third-order valence-electron chi connectivity index (χ3n) is 3.18. The predicted octanol–water partition coefficient (Wildman–Crippen LogP) is 0.360. The lowest BCUT2D eigenvalue weighted by Crippen LogP contribution is -2.51. The number of hydrogen-bond donors (Lipinski definition) is 1. The summed E-state index contributed by atoms with van der Waals surface area (Å²) in [6.07, 6.45) is 3.75. The summed E-state index contributed by atoms with van der Waals surface area (Å²) >= 11 is 0. The second kappa shape index (κ2) is 5.66. The molecule has 0 aromatic carbocycles. The first-order valence-corrected chi connectivity index (χ1v) is 7.67. The molecule has 1 aromatic rings. The molecule has 6 nitrogen and oxygen atoms in total. The minimum atomic E-state index is -3.27. The Morgan fingerprint density at radius 2 is 2.00 bits per heavy atom. The van der Waals surface area contributed by atoms with Gasteiger partial charge in [0.2, 0.25) is 10.0 Å². The van der Waals surface area contributed by atoms with E-state index in [0.717, 1.165) is 5.56 Å². The lowest BCUT2D eigenvalue weighted by Gasteiger charge is -2.37. The summed E-state index contributed by atoms with van der Waals surface area (Å²) in [7, 11) is -3.27. The van der Waals surface area contributed by atoms with Crippen molar-refractivity contribution >= 4 is 16.0 Å². The summed E-state index contributed by atoms with van der Waals surface area (Å²) < 4.78 is 25.3. The number of hydrogen-bond acceptors (Lipinski definition) is 4. The van der Waals surface area contributed by atoms with E-state index in [1.165, 1.54) is 4.31 Å². The molecule has 1 aliphatic heterocycles. The van der Waals surface area contributed by atoms with Crippen molar-refractivity contribution in [1.29, 1.82) is 0 Å². The maximum Gasteiger partial charge on any atom is 0.303 e. The Morgan fingerprint density at radius 1 is 1.37 bits per heavy atom. The fourth-order valence-corrected chi connectivity index (χ4v) is 3.68. The third kappa shape index (κ3) is 3.74. The second-order valence-electron chi connectivity index (χ2n) is 4.70. The Balaban J connectivity index is 1.82. The van der Waals surface area contributed by atoms with Gasteiger partial charge in [0.1, 0.15) is 0 Å². The van der Waals surface area contributed by atoms with Gasteiger partial charge in [-0.3, -0.25) is 9.78 Å². The standard InChI is InChI=1S/C12H16N2O4S/c15-12(16)7-11-8-14(9-11)19(17,18)6-3-10-1-4-13-5-2-10/h1-2,4-5,11H,3,6-9H2,(H,15,16). The van der Waals surface area contributed by atoms with E-state index in [-0.39, 0.29) is 18.1 Å². The molecule has 0 atom stereocenters. The minimum absolute atomic E-state index is 0.0381. The number of carboxylic acids is 1. The van der Waals surface area contributed by atoms with Crippen LogP contribution in [0.1, 0.15) is 12.0 Å². The molecule has 0 unspecified atom stereocenters. The smallest absolute Gasteiger partial charge is 0.303 e. The van der Waals surface area contributed by atoms with Gasteiger partial charge < -0.3 is 5.11 Å². The van der Waals surface area contributed by atoms with Gasteiger partial charge >= 0.3 is 5.97 Å². The molecule has 1 aromatic heterocycles. The summed E-state index contributed by atoms with van der Waals surface area (Å²) in [6.45, 7) is 0.649. The molecule has 1 aliphatic rings. The van der Waals surface area contributed by atoms with Crippen LogP contribution in [0.2, 0.25) is 0 Å². The third-order valence-corrected chi connectivity index (χ3v) is 4.98. The molecule has 2 heterocycles. The van der Waals surface area contributed by atoms with Crippen LogP contribution in [0.15, 0.2) is 24.5 Å². The first kappa shape index (κ1) is 14.0. The maximum atomic E-state index is 12.0. The van der Waals surface area contributed by atoms with Gasteiger partial charge in [-0.15, -0.1) is 0 Å². The van der Waals surface area contributed by atoms with Crippen LogP contribution in [0.4, 0.5) is 0 Å².